The van der Waals surface area contributed by atoms with Gasteiger partial charge >= 0.3 is 0 Å². The highest BCUT2D eigenvalue weighted by Crippen LogP contribution is 2.32. The number of aromatic nitrogens is 2. The van der Waals surface area contributed by atoms with Crippen LogP contribution in [-0.2, 0) is 6.54 Å². The Hall–Kier alpha value is -1.82. The van der Waals surface area contributed by atoms with Crippen molar-refractivity contribution in [1.29, 1.82) is 0 Å². The number of hydrogen-bond acceptors (Lipinski definition) is 4. The van der Waals surface area contributed by atoms with Crippen molar-refractivity contribution < 1.29 is 18.4 Å². The summed E-state index contributed by atoms with van der Waals surface area (Å²) in [5, 5.41) is 11.1. The highest BCUT2D eigenvalue weighted by molar-refractivity contribution is 9.13. The Bertz CT molecular complexity index is 1050. The van der Waals surface area contributed by atoms with E-state index in [4.69, 9.17) is 11.6 Å². The van der Waals surface area contributed by atoms with Gasteiger partial charge in [0.1, 0.15) is 5.82 Å². The number of nitrogens with one attached hydrogen (secondary N) is 3. The van der Waals surface area contributed by atoms with Gasteiger partial charge in [0.15, 0.2) is 17.3 Å². The summed E-state index contributed by atoms with van der Waals surface area (Å²) >= 11 is 14.0. The van der Waals surface area contributed by atoms with Crippen LogP contribution in [0.25, 0.3) is 0 Å². The average Bonchev–Trinajstić information content (AvgIpc) is 3.22. The molecule has 0 aliphatic carbocycles. The first-order valence-corrected chi connectivity index (χ1v) is 10.3. The summed E-state index contributed by atoms with van der Waals surface area (Å²) in [5.41, 5.74) is -0.212. The van der Waals surface area contributed by atoms with Gasteiger partial charge in [-0.15, -0.1) is 11.3 Å². The minimum absolute atomic E-state index is 0.0429. The Labute approximate surface area is 182 Å². The minimum Gasteiger partial charge on any atom is -0.346 e. The Balaban J connectivity index is 1.64. The number of H-pyrrole nitrogens is 1. The lowest BCUT2D eigenvalue weighted by atomic mass is 10.2. The molecule has 0 atom stereocenters. The second kappa shape index (κ2) is 8.68. The van der Waals surface area contributed by atoms with Crippen LogP contribution in [0.5, 0.6) is 0 Å². The fraction of sp³-hybridized carbons (Fsp3) is 0.0625. The molecule has 0 unspecified atom stereocenters. The summed E-state index contributed by atoms with van der Waals surface area (Å²) in [6.45, 7) is 0.298. The molecular weight excluding hydrogens is 546 g/mol. The Morgan fingerprint density at radius 2 is 1.86 bits per heavy atom. The highest BCUT2D eigenvalue weighted by atomic mass is 79.9. The van der Waals surface area contributed by atoms with Crippen LogP contribution in [0.1, 0.15) is 25.7 Å². The number of carbonyl (C=O) groups is 2. The summed E-state index contributed by atoms with van der Waals surface area (Å²) in [4.78, 5) is 25.3. The molecule has 146 valence electrons. The van der Waals surface area contributed by atoms with Crippen LogP contribution in [0.2, 0.25) is 5.02 Å². The van der Waals surface area contributed by atoms with Gasteiger partial charge in [-0.3, -0.25) is 14.7 Å². The van der Waals surface area contributed by atoms with Crippen LogP contribution in [0.3, 0.4) is 0 Å². The second-order valence-electron chi connectivity index (χ2n) is 5.38. The molecule has 0 radical (unpaired) electrons. The monoisotopic (exact) mass is 552 g/mol. The minimum atomic E-state index is -1.20. The standard InChI is InChI=1S/C16H9Br2ClF2N4O2S/c17-8-1-6(28-14(8)18)5-22-16(27)12-4-13(25-24-12)23-15(26)7-2-10(20)11(21)3-9(7)19/h1-4H,5H2,(H,22,27)(H2,23,24,25,26). The molecule has 0 saturated heterocycles. The zero-order valence-electron chi connectivity index (χ0n) is 13.6. The van der Waals surface area contributed by atoms with Gasteiger partial charge in [-0.1, -0.05) is 11.6 Å². The lowest BCUT2D eigenvalue weighted by molar-refractivity contribution is 0.0945. The zero-order chi connectivity index (χ0) is 20.4. The molecule has 0 bridgehead atoms. The summed E-state index contributed by atoms with van der Waals surface area (Å²) < 4.78 is 28.2. The molecular formula is C16H9Br2ClF2N4O2S. The summed E-state index contributed by atoms with van der Waals surface area (Å²) in [6.07, 6.45) is 0. The van der Waals surface area contributed by atoms with E-state index in [9.17, 15) is 18.4 Å². The number of thiophene rings is 1. The van der Waals surface area contributed by atoms with E-state index < -0.39 is 23.4 Å². The molecule has 0 fully saturated rings. The van der Waals surface area contributed by atoms with E-state index in [0.29, 0.717) is 18.7 Å². The molecule has 2 amide bonds. The molecule has 2 aromatic heterocycles. The van der Waals surface area contributed by atoms with Crippen LogP contribution in [0.4, 0.5) is 14.6 Å². The van der Waals surface area contributed by atoms with Crippen molar-refractivity contribution >= 4 is 72.4 Å². The molecule has 2 heterocycles. The number of rotatable bonds is 5. The van der Waals surface area contributed by atoms with Gasteiger partial charge in [-0.2, -0.15) is 5.10 Å². The van der Waals surface area contributed by atoms with Crippen molar-refractivity contribution in [3.8, 4) is 0 Å². The SMILES string of the molecule is O=C(NCc1cc(Br)c(Br)s1)c1cc(NC(=O)c2cc(F)c(F)cc2Cl)[nH]n1. The summed E-state index contributed by atoms with van der Waals surface area (Å²) in [6, 6.07) is 4.57. The highest BCUT2D eigenvalue weighted by Gasteiger charge is 2.17. The third-order valence-corrected chi connectivity index (χ3v) is 7.00. The third kappa shape index (κ3) is 4.77. The number of anilines is 1. The topological polar surface area (TPSA) is 86.9 Å². The molecule has 28 heavy (non-hydrogen) atoms. The zero-order valence-corrected chi connectivity index (χ0v) is 18.3. The van der Waals surface area contributed by atoms with Crippen molar-refractivity contribution in [3.05, 3.63) is 65.3 Å². The molecule has 3 rings (SSSR count). The lowest BCUT2D eigenvalue weighted by Crippen LogP contribution is -2.22. The third-order valence-electron chi connectivity index (χ3n) is 3.43. The first-order valence-electron chi connectivity index (χ1n) is 7.48. The number of amides is 2. The van der Waals surface area contributed by atoms with Crippen LogP contribution < -0.4 is 10.6 Å². The Morgan fingerprint density at radius 1 is 1.14 bits per heavy atom. The van der Waals surface area contributed by atoms with Gasteiger partial charge in [0.2, 0.25) is 0 Å². The number of hydrogen-bond donors (Lipinski definition) is 3. The number of benzene rings is 1. The molecule has 0 spiro atoms. The van der Waals surface area contributed by atoms with Gasteiger partial charge < -0.3 is 10.6 Å². The Kier molecular flexibility index (Phi) is 6.48. The van der Waals surface area contributed by atoms with Gasteiger partial charge in [0.25, 0.3) is 11.8 Å². The van der Waals surface area contributed by atoms with Crippen LogP contribution in [0, 0.1) is 11.6 Å². The van der Waals surface area contributed by atoms with E-state index in [1.807, 2.05) is 6.07 Å². The van der Waals surface area contributed by atoms with E-state index in [0.717, 1.165) is 13.1 Å². The number of aromatic amines is 1. The fourth-order valence-corrected chi connectivity index (χ4v) is 4.48. The molecule has 3 aromatic rings. The van der Waals surface area contributed by atoms with Crippen LogP contribution in [0.15, 0.2) is 32.5 Å². The number of halogens is 5. The average molecular weight is 555 g/mol. The van der Waals surface area contributed by atoms with Crippen molar-refractivity contribution in [2.75, 3.05) is 5.32 Å². The molecule has 12 heteroatoms. The second-order valence-corrected chi connectivity index (χ2v) is 9.10. The number of nitrogens with zero attached hydrogens (tertiary/aromatic N) is 1. The Morgan fingerprint density at radius 3 is 2.54 bits per heavy atom. The molecule has 6 nitrogen and oxygen atoms in total. The van der Waals surface area contributed by atoms with E-state index in [1.165, 1.54) is 17.4 Å². The van der Waals surface area contributed by atoms with E-state index in [-0.39, 0.29) is 22.1 Å². The predicted octanol–water partition coefficient (Wildman–Crippen LogP) is 5.11. The van der Waals surface area contributed by atoms with Crippen LogP contribution >= 0.6 is 54.8 Å². The quantitative estimate of drug-likeness (QED) is 0.383. The van der Waals surface area contributed by atoms with E-state index >= 15 is 0 Å². The van der Waals surface area contributed by atoms with Gasteiger partial charge in [-0.05, 0) is 50.1 Å². The smallest absolute Gasteiger partial charge is 0.272 e. The summed E-state index contributed by atoms with van der Waals surface area (Å²) in [5.74, 6) is -3.51. The van der Waals surface area contributed by atoms with Gasteiger partial charge in [0.05, 0.1) is 20.9 Å². The van der Waals surface area contributed by atoms with Crippen LogP contribution in [-0.4, -0.2) is 22.0 Å². The molecule has 0 aliphatic heterocycles. The molecule has 3 N–H and O–H groups in total. The molecule has 0 aliphatic rings. The first-order chi connectivity index (χ1) is 13.2. The largest absolute Gasteiger partial charge is 0.346 e. The van der Waals surface area contributed by atoms with Crippen molar-refractivity contribution in [1.82, 2.24) is 15.5 Å². The maximum Gasteiger partial charge on any atom is 0.272 e. The van der Waals surface area contributed by atoms with Crippen molar-refractivity contribution in [2.24, 2.45) is 0 Å². The predicted molar refractivity (Wildman–Crippen MR) is 109 cm³/mol. The lowest BCUT2D eigenvalue weighted by Gasteiger charge is -2.05. The van der Waals surface area contributed by atoms with Crippen molar-refractivity contribution in [3.63, 3.8) is 0 Å². The normalized spacial score (nSPS) is 10.8. The first kappa shape index (κ1) is 20.9. The van der Waals surface area contributed by atoms with Gasteiger partial charge in [-0.25, -0.2) is 8.78 Å². The van der Waals surface area contributed by atoms with Crippen molar-refractivity contribution in [2.45, 2.75) is 6.54 Å². The molecule has 1 aromatic carbocycles. The number of carbonyl (C=O) groups excluding carboxylic acids is 2. The maximum atomic E-state index is 13.3. The van der Waals surface area contributed by atoms with E-state index in [2.05, 4.69) is 52.7 Å². The molecule has 0 saturated carbocycles. The fourth-order valence-electron chi connectivity index (χ4n) is 2.12. The van der Waals surface area contributed by atoms with E-state index in [1.54, 1.807) is 0 Å². The maximum absolute atomic E-state index is 13.3. The summed E-state index contributed by atoms with van der Waals surface area (Å²) in [7, 11) is 0. The van der Waals surface area contributed by atoms with Gasteiger partial charge in [0, 0.05) is 15.4 Å².